The van der Waals surface area contributed by atoms with Crippen LogP contribution in [0.3, 0.4) is 0 Å². The Morgan fingerprint density at radius 3 is 2.71 bits per heavy atom. The van der Waals surface area contributed by atoms with Gasteiger partial charge in [-0.25, -0.2) is 9.78 Å². The number of anilines is 1. The average molecular weight is 424 g/mol. The minimum Gasteiger partial charge on any atom is -0.465 e. The number of pyridine rings is 1. The molecule has 7 nitrogen and oxygen atoms in total. The first-order valence-corrected chi connectivity index (χ1v) is 11.0. The Labute approximate surface area is 182 Å². The Morgan fingerprint density at radius 2 is 2.06 bits per heavy atom. The van der Waals surface area contributed by atoms with Crippen LogP contribution in [0.4, 0.5) is 10.5 Å². The lowest BCUT2D eigenvalue weighted by Crippen LogP contribution is -2.33. The first-order chi connectivity index (χ1) is 14.9. The molecule has 7 heteroatoms. The van der Waals surface area contributed by atoms with E-state index in [0.29, 0.717) is 43.5 Å². The molecular formula is C24H29N3O4. The van der Waals surface area contributed by atoms with Gasteiger partial charge in [0.25, 0.3) is 0 Å². The lowest BCUT2D eigenvalue weighted by atomic mass is 9.87. The van der Waals surface area contributed by atoms with Gasteiger partial charge in [-0.15, -0.1) is 0 Å². The molecule has 0 aliphatic carbocycles. The maximum Gasteiger partial charge on any atom is 0.407 e. The molecule has 1 aromatic heterocycles. The fourth-order valence-electron chi connectivity index (χ4n) is 4.55. The summed E-state index contributed by atoms with van der Waals surface area (Å²) in [6, 6.07) is 9.65. The zero-order valence-corrected chi connectivity index (χ0v) is 18.1. The van der Waals surface area contributed by atoms with Crippen LogP contribution in [0.15, 0.2) is 36.5 Å². The Bertz CT molecular complexity index is 958. The highest BCUT2D eigenvalue weighted by atomic mass is 16.5. The molecule has 2 aliphatic rings. The van der Waals surface area contributed by atoms with Crippen LogP contribution < -0.4 is 9.64 Å². The molecule has 2 aromatic rings. The molecule has 1 unspecified atom stereocenters. The van der Waals surface area contributed by atoms with Gasteiger partial charge in [0.05, 0.1) is 11.9 Å². The maximum atomic E-state index is 11.9. The minimum absolute atomic E-state index is 0.132. The molecule has 0 spiro atoms. The van der Waals surface area contributed by atoms with Gasteiger partial charge in [-0.3, -0.25) is 4.79 Å². The number of amides is 2. The fourth-order valence-corrected chi connectivity index (χ4v) is 4.55. The van der Waals surface area contributed by atoms with Crippen molar-refractivity contribution in [1.82, 2.24) is 9.88 Å². The Balaban J connectivity index is 1.52. The zero-order valence-electron chi connectivity index (χ0n) is 18.1. The van der Waals surface area contributed by atoms with Crippen LogP contribution in [-0.4, -0.2) is 46.6 Å². The molecule has 3 heterocycles. The van der Waals surface area contributed by atoms with E-state index in [9.17, 15) is 14.7 Å². The third-order valence-electron chi connectivity index (χ3n) is 6.00. The van der Waals surface area contributed by atoms with Crippen LogP contribution >= 0.6 is 0 Å². The number of hydrogen-bond donors (Lipinski definition) is 1. The number of fused-ring (bicyclic) bond motifs is 1. The first kappa shape index (κ1) is 21.2. The summed E-state index contributed by atoms with van der Waals surface area (Å²) in [7, 11) is 0. The second kappa shape index (κ2) is 8.96. The van der Waals surface area contributed by atoms with E-state index >= 15 is 0 Å². The highest BCUT2D eigenvalue weighted by Crippen LogP contribution is 2.34. The van der Waals surface area contributed by atoms with E-state index in [0.717, 1.165) is 30.6 Å². The molecule has 1 fully saturated rings. The smallest absolute Gasteiger partial charge is 0.407 e. The summed E-state index contributed by atoms with van der Waals surface area (Å²) in [4.78, 5) is 31.2. The number of carbonyl (C=O) groups excluding carboxylic acids is 1. The van der Waals surface area contributed by atoms with E-state index < -0.39 is 6.09 Å². The number of benzene rings is 1. The standard InChI is InChI=1S/C24H29N3O4/c1-16(2)12-18-15-26(24(29)30)11-9-17-13-20(6-7-21(17)18)31-22-8-5-19(14-25-22)27-10-3-4-23(27)28/h5-8,13-14,16,18H,3-4,9-12,15H2,1-2H3,(H,29,30). The topological polar surface area (TPSA) is 83.0 Å². The van der Waals surface area contributed by atoms with Crippen LogP contribution in [-0.2, 0) is 11.2 Å². The van der Waals surface area contributed by atoms with Gasteiger partial charge in [0.1, 0.15) is 5.75 Å². The van der Waals surface area contributed by atoms with E-state index in [4.69, 9.17) is 4.74 Å². The number of rotatable bonds is 5. The summed E-state index contributed by atoms with van der Waals surface area (Å²) < 4.78 is 5.98. The van der Waals surface area contributed by atoms with Crippen molar-refractivity contribution in [1.29, 1.82) is 0 Å². The summed E-state index contributed by atoms with van der Waals surface area (Å²) in [5.74, 6) is 1.94. The number of hydrogen-bond acceptors (Lipinski definition) is 4. The lowest BCUT2D eigenvalue weighted by molar-refractivity contribution is -0.117. The third-order valence-corrected chi connectivity index (χ3v) is 6.00. The van der Waals surface area contributed by atoms with Crippen LogP contribution in [0.25, 0.3) is 0 Å². The van der Waals surface area contributed by atoms with Crippen molar-refractivity contribution in [3.8, 4) is 11.6 Å². The predicted molar refractivity (Wildman–Crippen MR) is 118 cm³/mol. The fraction of sp³-hybridized carbons (Fsp3) is 0.458. The Kier molecular flexibility index (Phi) is 6.11. The summed E-state index contributed by atoms with van der Waals surface area (Å²) >= 11 is 0. The van der Waals surface area contributed by atoms with Crippen LogP contribution in [0.2, 0.25) is 0 Å². The molecule has 164 valence electrons. The maximum absolute atomic E-state index is 11.9. The molecule has 1 saturated heterocycles. The number of carbonyl (C=O) groups is 2. The Hall–Kier alpha value is -3.09. The van der Waals surface area contributed by atoms with Gasteiger partial charge < -0.3 is 19.6 Å². The predicted octanol–water partition coefficient (Wildman–Crippen LogP) is 4.67. The molecule has 0 radical (unpaired) electrons. The normalized spacial score (nSPS) is 18.8. The quantitative estimate of drug-likeness (QED) is 0.756. The molecule has 1 N–H and O–H groups in total. The van der Waals surface area contributed by atoms with Gasteiger partial charge in [0, 0.05) is 38.0 Å². The largest absolute Gasteiger partial charge is 0.465 e. The zero-order chi connectivity index (χ0) is 22.0. The molecule has 0 bridgehead atoms. The Morgan fingerprint density at radius 1 is 1.23 bits per heavy atom. The monoisotopic (exact) mass is 423 g/mol. The number of carboxylic acid groups (broad SMARTS) is 1. The lowest BCUT2D eigenvalue weighted by Gasteiger charge is -2.24. The van der Waals surface area contributed by atoms with E-state index in [1.165, 1.54) is 10.5 Å². The molecule has 2 aliphatic heterocycles. The van der Waals surface area contributed by atoms with Gasteiger partial charge in [-0.1, -0.05) is 19.9 Å². The summed E-state index contributed by atoms with van der Waals surface area (Å²) in [5.41, 5.74) is 3.13. The molecule has 2 amide bonds. The van der Waals surface area contributed by atoms with Gasteiger partial charge in [-0.05, 0) is 54.5 Å². The summed E-state index contributed by atoms with van der Waals surface area (Å²) in [6.07, 6.45) is 3.88. The van der Waals surface area contributed by atoms with Gasteiger partial charge in [0.2, 0.25) is 11.8 Å². The third kappa shape index (κ3) is 4.81. The molecule has 1 aromatic carbocycles. The van der Waals surface area contributed by atoms with Crippen molar-refractivity contribution < 1.29 is 19.4 Å². The first-order valence-electron chi connectivity index (χ1n) is 11.0. The molecule has 31 heavy (non-hydrogen) atoms. The molecule has 1 atom stereocenters. The van der Waals surface area contributed by atoms with Crippen LogP contribution in [0.5, 0.6) is 11.6 Å². The molecular weight excluding hydrogens is 394 g/mol. The summed E-state index contributed by atoms with van der Waals surface area (Å²) in [5, 5.41) is 9.53. The summed E-state index contributed by atoms with van der Waals surface area (Å²) in [6.45, 7) is 6.07. The van der Waals surface area contributed by atoms with E-state index in [1.807, 2.05) is 18.2 Å². The van der Waals surface area contributed by atoms with Gasteiger partial charge >= 0.3 is 6.09 Å². The van der Waals surface area contributed by atoms with Crippen molar-refractivity contribution in [2.24, 2.45) is 5.92 Å². The van der Waals surface area contributed by atoms with E-state index in [2.05, 4.69) is 24.9 Å². The van der Waals surface area contributed by atoms with Crippen molar-refractivity contribution in [2.45, 2.75) is 45.4 Å². The number of nitrogens with zero attached hydrogens (tertiary/aromatic N) is 3. The van der Waals surface area contributed by atoms with Crippen molar-refractivity contribution >= 4 is 17.7 Å². The number of aromatic nitrogens is 1. The van der Waals surface area contributed by atoms with Gasteiger partial charge in [-0.2, -0.15) is 0 Å². The minimum atomic E-state index is -0.862. The highest BCUT2D eigenvalue weighted by molar-refractivity contribution is 5.95. The average Bonchev–Trinajstić information content (AvgIpc) is 3.07. The SMILES string of the molecule is CC(C)CC1CN(C(=O)O)CCc2cc(Oc3ccc(N4CCCC4=O)cn3)ccc21. The van der Waals surface area contributed by atoms with E-state index in [-0.39, 0.29) is 11.8 Å². The van der Waals surface area contributed by atoms with Crippen molar-refractivity contribution in [2.75, 3.05) is 24.5 Å². The number of ether oxygens (including phenoxy) is 1. The van der Waals surface area contributed by atoms with E-state index in [1.54, 1.807) is 17.2 Å². The second-order valence-electron chi connectivity index (χ2n) is 8.77. The van der Waals surface area contributed by atoms with Crippen molar-refractivity contribution in [3.63, 3.8) is 0 Å². The van der Waals surface area contributed by atoms with Gasteiger partial charge in [0.15, 0.2) is 0 Å². The molecule has 4 rings (SSSR count). The van der Waals surface area contributed by atoms with Crippen LogP contribution in [0.1, 0.15) is 50.2 Å². The second-order valence-corrected chi connectivity index (χ2v) is 8.77. The molecule has 0 saturated carbocycles. The highest BCUT2D eigenvalue weighted by Gasteiger charge is 2.27. The van der Waals surface area contributed by atoms with Crippen LogP contribution in [0, 0.1) is 5.92 Å². The van der Waals surface area contributed by atoms with Crippen molar-refractivity contribution in [3.05, 3.63) is 47.7 Å².